The minimum absolute atomic E-state index is 0.0859. The van der Waals surface area contributed by atoms with Gasteiger partial charge < -0.3 is 19.1 Å². The molecule has 0 radical (unpaired) electrons. The van der Waals surface area contributed by atoms with E-state index >= 15 is 0 Å². The van der Waals surface area contributed by atoms with Gasteiger partial charge in [-0.2, -0.15) is 5.10 Å². The van der Waals surface area contributed by atoms with Crippen LogP contribution in [0.5, 0.6) is 17.2 Å². The van der Waals surface area contributed by atoms with Gasteiger partial charge in [0.05, 0.1) is 18.3 Å². The molecule has 7 heteroatoms. The molecule has 1 unspecified atom stereocenters. The van der Waals surface area contributed by atoms with Crippen LogP contribution in [-0.4, -0.2) is 34.4 Å². The molecule has 1 aromatic heterocycles. The van der Waals surface area contributed by atoms with Gasteiger partial charge in [-0.05, 0) is 41.8 Å². The fraction of sp³-hybridized carbons (Fsp3) is 0.214. The monoisotopic (exact) mass is 467 g/mol. The van der Waals surface area contributed by atoms with Crippen molar-refractivity contribution >= 4 is 5.91 Å². The van der Waals surface area contributed by atoms with Crippen LogP contribution in [0, 0.1) is 0 Å². The molecule has 4 aromatic rings. The summed E-state index contributed by atoms with van der Waals surface area (Å²) < 4.78 is 16.9. The van der Waals surface area contributed by atoms with Crippen molar-refractivity contribution in [3.05, 3.63) is 95.2 Å². The van der Waals surface area contributed by atoms with Gasteiger partial charge in [-0.25, -0.2) is 0 Å². The summed E-state index contributed by atoms with van der Waals surface area (Å²) in [7, 11) is 0. The number of carbonyl (C=O) groups is 1. The van der Waals surface area contributed by atoms with Crippen molar-refractivity contribution < 1.29 is 19.0 Å². The van der Waals surface area contributed by atoms with Gasteiger partial charge in [0.2, 0.25) is 6.79 Å². The topological polar surface area (TPSA) is 76.7 Å². The van der Waals surface area contributed by atoms with E-state index in [4.69, 9.17) is 14.2 Å². The lowest BCUT2D eigenvalue weighted by Crippen LogP contribution is -2.29. The number of nitrogens with one attached hydrogen (secondary N) is 1. The average Bonchev–Trinajstić information content (AvgIpc) is 3.60. The third-order valence-electron chi connectivity index (χ3n) is 6.35. The lowest BCUT2D eigenvalue weighted by atomic mass is 9.95. The summed E-state index contributed by atoms with van der Waals surface area (Å²) in [4.78, 5) is 15.6. The zero-order chi connectivity index (χ0) is 23.8. The average molecular weight is 468 g/mol. The SMILES string of the molecule is CCCOc1cccc(C2c3c(-c4ccccc4)n[nH]c3C(=O)N2Cc2ccc3c(c2)OCO3)c1. The van der Waals surface area contributed by atoms with Crippen LogP contribution in [0.4, 0.5) is 0 Å². The van der Waals surface area contributed by atoms with Crippen molar-refractivity contribution in [3.63, 3.8) is 0 Å². The number of nitrogens with zero attached hydrogens (tertiary/aromatic N) is 2. The Morgan fingerprint density at radius 3 is 2.74 bits per heavy atom. The lowest BCUT2D eigenvalue weighted by Gasteiger charge is -2.27. The Morgan fingerprint density at radius 2 is 1.89 bits per heavy atom. The molecule has 6 rings (SSSR count). The van der Waals surface area contributed by atoms with Gasteiger partial charge in [0, 0.05) is 17.7 Å². The van der Waals surface area contributed by atoms with Crippen molar-refractivity contribution in [2.24, 2.45) is 0 Å². The smallest absolute Gasteiger partial charge is 0.273 e. The maximum atomic E-state index is 13.7. The molecule has 0 aliphatic carbocycles. The maximum absolute atomic E-state index is 13.7. The highest BCUT2D eigenvalue weighted by Crippen LogP contribution is 2.44. The van der Waals surface area contributed by atoms with Gasteiger partial charge >= 0.3 is 0 Å². The van der Waals surface area contributed by atoms with E-state index in [9.17, 15) is 4.79 Å². The highest BCUT2D eigenvalue weighted by atomic mass is 16.7. The van der Waals surface area contributed by atoms with E-state index < -0.39 is 0 Å². The van der Waals surface area contributed by atoms with Crippen LogP contribution in [0.3, 0.4) is 0 Å². The van der Waals surface area contributed by atoms with E-state index in [0.717, 1.165) is 45.9 Å². The normalized spacial score (nSPS) is 16.0. The number of amides is 1. The first-order valence-corrected chi connectivity index (χ1v) is 11.8. The number of hydrogen-bond donors (Lipinski definition) is 1. The molecule has 3 heterocycles. The van der Waals surface area contributed by atoms with E-state index in [1.807, 2.05) is 77.7 Å². The molecule has 0 fully saturated rings. The fourth-order valence-electron chi connectivity index (χ4n) is 4.75. The van der Waals surface area contributed by atoms with Gasteiger partial charge in [-0.3, -0.25) is 9.89 Å². The Hall–Kier alpha value is -4.26. The molecule has 35 heavy (non-hydrogen) atoms. The second-order valence-corrected chi connectivity index (χ2v) is 8.67. The van der Waals surface area contributed by atoms with Crippen LogP contribution >= 0.6 is 0 Å². The molecular weight excluding hydrogens is 442 g/mol. The van der Waals surface area contributed by atoms with Crippen LogP contribution in [0.15, 0.2) is 72.8 Å². The molecule has 1 N–H and O–H groups in total. The molecule has 1 amide bonds. The second-order valence-electron chi connectivity index (χ2n) is 8.67. The Balaban J connectivity index is 1.44. The van der Waals surface area contributed by atoms with Gasteiger partial charge in [0.1, 0.15) is 11.4 Å². The Kier molecular flexibility index (Phi) is 5.37. The number of fused-ring (bicyclic) bond motifs is 2. The van der Waals surface area contributed by atoms with Crippen LogP contribution < -0.4 is 14.2 Å². The van der Waals surface area contributed by atoms with E-state index in [0.29, 0.717) is 24.6 Å². The highest BCUT2D eigenvalue weighted by molar-refractivity contribution is 6.00. The summed E-state index contributed by atoms with van der Waals surface area (Å²) in [5.41, 5.74) is 5.09. The predicted molar refractivity (Wildman–Crippen MR) is 131 cm³/mol. The number of hydrogen-bond acceptors (Lipinski definition) is 5. The zero-order valence-electron chi connectivity index (χ0n) is 19.4. The number of aromatic nitrogens is 2. The second kappa shape index (κ2) is 8.83. The molecule has 0 saturated carbocycles. The standard InChI is InChI=1S/C28H25N3O4/c1-2-13-33-21-10-6-9-20(15-21)27-24-25(19-7-4-3-5-8-19)29-30-26(24)28(32)31(27)16-18-11-12-22-23(14-18)35-17-34-22/h3-12,14-15,27H,2,13,16-17H2,1H3,(H,29,30). The number of rotatable bonds is 7. The molecule has 176 valence electrons. The Labute approximate surface area is 203 Å². The first-order chi connectivity index (χ1) is 17.2. The predicted octanol–water partition coefficient (Wildman–Crippen LogP) is 5.34. The van der Waals surface area contributed by atoms with Gasteiger partial charge in [-0.1, -0.05) is 55.5 Å². The minimum Gasteiger partial charge on any atom is -0.494 e. The van der Waals surface area contributed by atoms with Gasteiger partial charge in [-0.15, -0.1) is 0 Å². The summed E-state index contributed by atoms with van der Waals surface area (Å²) in [5.74, 6) is 2.13. The van der Waals surface area contributed by atoms with Crippen molar-refractivity contribution in [1.29, 1.82) is 0 Å². The van der Waals surface area contributed by atoms with Crippen LogP contribution in [-0.2, 0) is 6.54 Å². The number of benzene rings is 3. The maximum Gasteiger partial charge on any atom is 0.273 e. The Bertz CT molecular complexity index is 1380. The quantitative estimate of drug-likeness (QED) is 0.397. The largest absolute Gasteiger partial charge is 0.494 e. The molecular formula is C28H25N3O4. The number of H-pyrrole nitrogens is 1. The van der Waals surface area contributed by atoms with E-state index in [1.165, 1.54) is 0 Å². The summed E-state index contributed by atoms with van der Waals surface area (Å²) >= 11 is 0. The van der Waals surface area contributed by atoms with E-state index in [2.05, 4.69) is 17.1 Å². The third kappa shape index (κ3) is 3.79. The lowest BCUT2D eigenvalue weighted by molar-refractivity contribution is 0.0729. The summed E-state index contributed by atoms with van der Waals surface area (Å²) in [6.07, 6.45) is 0.923. The molecule has 1 atom stereocenters. The number of carbonyl (C=O) groups excluding carboxylic acids is 1. The first-order valence-electron chi connectivity index (χ1n) is 11.8. The van der Waals surface area contributed by atoms with Crippen molar-refractivity contribution in [1.82, 2.24) is 15.1 Å². The van der Waals surface area contributed by atoms with Gasteiger partial charge in [0.15, 0.2) is 11.5 Å². The molecule has 2 aliphatic heterocycles. The van der Waals surface area contributed by atoms with Crippen molar-refractivity contribution in [2.45, 2.75) is 25.9 Å². The van der Waals surface area contributed by atoms with Crippen molar-refractivity contribution in [2.75, 3.05) is 13.4 Å². The summed E-state index contributed by atoms with van der Waals surface area (Å²) in [6.45, 7) is 3.35. The van der Waals surface area contributed by atoms with Crippen LogP contribution in [0.1, 0.15) is 46.6 Å². The highest BCUT2D eigenvalue weighted by Gasteiger charge is 2.42. The molecule has 0 bridgehead atoms. The molecule has 3 aromatic carbocycles. The first kappa shape index (κ1) is 21.3. The summed E-state index contributed by atoms with van der Waals surface area (Å²) in [6, 6.07) is 23.4. The third-order valence-corrected chi connectivity index (χ3v) is 6.35. The molecule has 7 nitrogen and oxygen atoms in total. The number of aromatic amines is 1. The molecule has 2 aliphatic rings. The zero-order valence-corrected chi connectivity index (χ0v) is 19.4. The van der Waals surface area contributed by atoms with E-state index in [-0.39, 0.29) is 18.7 Å². The van der Waals surface area contributed by atoms with E-state index in [1.54, 1.807) is 0 Å². The summed E-state index contributed by atoms with van der Waals surface area (Å²) in [5, 5.41) is 7.58. The molecule has 0 spiro atoms. The van der Waals surface area contributed by atoms with Gasteiger partial charge in [0.25, 0.3) is 5.91 Å². The van der Waals surface area contributed by atoms with Crippen molar-refractivity contribution in [3.8, 4) is 28.5 Å². The number of ether oxygens (including phenoxy) is 3. The van der Waals surface area contributed by atoms with Crippen LogP contribution in [0.25, 0.3) is 11.3 Å². The Morgan fingerprint density at radius 1 is 1.03 bits per heavy atom. The fourth-order valence-corrected chi connectivity index (χ4v) is 4.75. The molecule has 0 saturated heterocycles. The minimum atomic E-state index is -0.318. The van der Waals surface area contributed by atoms with Crippen LogP contribution in [0.2, 0.25) is 0 Å².